The molecule has 0 fully saturated rings. The first-order valence-electron chi connectivity index (χ1n) is 7.61. The fraction of sp³-hybridized carbons (Fsp3) is 0. The van der Waals surface area contributed by atoms with E-state index >= 15 is 0 Å². The Morgan fingerprint density at radius 2 is 2.20 bits per heavy atom. The number of halogens is 1. The van der Waals surface area contributed by atoms with Crippen LogP contribution in [0.15, 0.2) is 65.9 Å². The van der Waals surface area contributed by atoms with Gasteiger partial charge in [-0.25, -0.2) is 0 Å². The smallest absolute Gasteiger partial charge is 0.0998 e. The molecule has 0 unspecified atom stereocenters. The highest BCUT2D eigenvalue weighted by atomic mass is 35.5. The SMILES string of the molecule is N#CC(=Cc1cnccc1-c1ccoc1)c1c[nH]c2ccc(Cl)cc12. The predicted octanol–water partition coefficient (Wildman–Crippen LogP) is 5.54. The molecule has 120 valence electrons. The number of nitrogens with one attached hydrogen (secondary N) is 1. The van der Waals surface area contributed by atoms with Gasteiger partial charge in [0.25, 0.3) is 0 Å². The van der Waals surface area contributed by atoms with E-state index in [0.29, 0.717) is 10.6 Å². The average molecular weight is 346 g/mol. The van der Waals surface area contributed by atoms with Crippen LogP contribution in [0.5, 0.6) is 0 Å². The van der Waals surface area contributed by atoms with Crippen molar-refractivity contribution in [2.75, 3.05) is 0 Å². The van der Waals surface area contributed by atoms with Crippen LogP contribution in [-0.2, 0) is 0 Å². The molecule has 1 aromatic carbocycles. The third-order valence-electron chi connectivity index (χ3n) is 4.04. The Labute approximate surface area is 149 Å². The van der Waals surface area contributed by atoms with E-state index < -0.39 is 0 Å². The van der Waals surface area contributed by atoms with E-state index in [0.717, 1.165) is 33.2 Å². The second kappa shape index (κ2) is 6.31. The summed E-state index contributed by atoms with van der Waals surface area (Å²) in [7, 11) is 0. The number of H-pyrrole nitrogens is 1. The molecular formula is C20H12ClN3O. The Morgan fingerprint density at radius 3 is 3.00 bits per heavy atom. The van der Waals surface area contributed by atoms with Gasteiger partial charge in [0.1, 0.15) is 0 Å². The van der Waals surface area contributed by atoms with Crippen molar-refractivity contribution in [2.45, 2.75) is 0 Å². The number of fused-ring (bicyclic) bond motifs is 1. The fourth-order valence-corrected chi connectivity index (χ4v) is 3.02. The maximum Gasteiger partial charge on any atom is 0.0998 e. The highest BCUT2D eigenvalue weighted by molar-refractivity contribution is 6.31. The van der Waals surface area contributed by atoms with Crippen LogP contribution < -0.4 is 0 Å². The monoisotopic (exact) mass is 345 g/mol. The van der Waals surface area contributed by atoms with Gasteiger partial charge in [-0.2, -0.15) is 5.26 Å². The largest absolute Gasteiger partial charge is 0.472 e. The molecule has 0 aliphatic rings. The molecular weight excluding hydrogens is 334 g/mol. The third-order valence-corrected chi connectivity index (χ3v) is 4.27. The summed E-state index contributed by atoms with van der Waals surface area (Å²) >= 11 is 6.11. The first kappa shape index (κ1) is 15.3. The number of nitrogens with zero attached hydrogens (tertiary/aromatic N) is 2. The van der Waals surface area contributed by atoms with Gasteiger partial charge in [0.2, 0.25) is 0 Å². The molecule has 5 heteroatoms. The van der Waals surface area contributed by atoms with Crippen LogP contribution in [0.25, 0.3) is 33.7 Å². The number of aromatic nitrogens is 2. The van der Waals surface area contributed by atoms with Gasteiger partial charge in [0, 0.05) is 51.2 Å². The molecule has 4 nitrogen and oxygen atoms in total. The normalized spacial score (nSPS) is 11.6. The van der Waals surface area contributed by atoms with Gasteiger partial charge in [0.15, 0.2) is 0 Å². The molecule has 3 heterocycles. The van der Waals surface area contributed by atoms with Crippen LogP contribution in [-0.4, -0.2) is 9.97 Å². The van der Waals surface area contributed by atoms with Gasteiger partial charge >= 0.3 is 0 Å². The number of nitriles is 1. The Hall–Kier alpha value is -3.29. The number of benzene rings is 1. The second-order valence-corrected chi connectivity index (χ2v) is 5.97. The summed E-state index contributed by atoms with van der Waals surface area (Å²) in [6.07, 6.45) is 10.4. The Balaban J connectivity index is 1.88. The first-order valence-corrected chi connectivity index (χ1v) is 7.99. The Bertz CT molecular complexity index is 1120. The van der Waals surface area contributed by atoms with E-state index in [1.807, 2.05) is 42.6 Å². The molecule has 4 rings (SSSR count). The predicted molar refractivity (Wildman–Crippen MR) is 98.7 cm³/mol. The number of hydrogen-bond donors (Lipinski definition) is 1. The van der Waals surface area contributed by atoms with Crippen molar-refractivity contribution in [3.8, 4) is 17.2 Å². The molecule has 0 saturated heterocycles. The number of furan rings is 1. The van der Waals surface area contributed by atoms with Crippen LogP contribution in [0.1, 0.15) is 11.1 Å². The molecule has 1 N–H and O–H groups in total. The van der Waals surface area contributed by atoms with Crippen LogP contribution in [0.4, 0.5) is 0 Å². The van der Waals surface area contributed by atoms with Crippen LogP contribution in [0.3, 0.4) is 0 Å². The van der Waals surface area contributed by atoms with Crippen molar-refractivity contribution in [3.63, 3.8) is 0 Å². The summed E-state index contributed by atoms with van der Waals surface area (Å²) in [6, 6.07) is 11.6. The summed E-state index contributed by atoms with van der Waals surface area (Å²) in [5, 5.41) is 11.2. The fourth-order valence-electron chi connectivity index (χ4n) is 2.84. The number of aromatic amines is 1. The van der Waals surface area contributed by atoms with Crippen molar-refractivity contribution in [1.82, 2.24) is 9.97 Å². The standard InChI is InChI=1S/C20H12ClN3O/c21-16-1-2-20-18(8-16)19(11-24-20)14(9-22)7-15-10-23-5-3-17(15)13-4-6-25-12-13/h1-8,10-12,24H. The molecule has 0 aliphatic carbocycles. The van der Waals surface area contributed by atoms with E-state index in [1.54, 1.807) is 24.9 Å². The van der Waals surface area contributed by atoms with Gasteiger partial charge < -0.3 is 9.40 Å². The van der Waals surface area contributed by atoms with Crippen LogP contribution >= 0.6 is 11.6 Å². The number of pyridine rings is 1. The minimum atomic E-state index is 0.534. The molecule has 3 aromatic heterocycles. The molecule has 0 aliphatic heterocycles. The molecule has 0 amide bonds. The minimum absolute atomic E-state index is 0.534. The van der Waals surface area contributed by atoms with Crippen molar-refractivity contribution < 1.29 is 4.42 Å². The zero-order valence-electron chi connectivity index (χ0n) is 13.0. The van der Waals surface area contributed by atoms with Crippen LogP contribution in [0, 0.1) is 11.3 Å². The molecule has 0 atom stereocenters. The van der Waals surface area contributed by atoms with Crippen molar-refractivity contribution >= 4 is 34.2 Å². The quantitative estimate of drug-likeness (QED) is 0.496. The van der Waals surface area contributed by atoms with Crippen molar-refractivity contribution in [2.24, 2.45) is 0 Å². The lowest BCUT2D eigenvalue weighted by atomic mass is 9.99. The Morgan fingerprint density at radius 1 is 1.28 bits per heavy atom. The highest BCUT2D eigenvalue weighted by Crippen LogP contribution is 2.31. The lowest BCUT2D eigenvalue weighted by Gasteiger charge is -2.04. The maximum absolute atomic E-state index is 9.71. The first-order chi connectivity index (χ1) is 12.3. The zero-order chi connectivity index (χ0) is 17.2. The van der Waals surface area contributed by atoms with Gasteiger partial charge in [-0.3, -0.25) is 4.98 Å². The van der Waals surface area contributed by atoms with Gasteiger partial charge in [-0.05, 0) is 42.0 Å². The van der Waals surface area contributed by atoms with Crippen LogP contribution in [0.2, 0.25) is 5.02 Å². The molecule has 0 saturated carbocycles. The van der Waals surface area contributed by atoms with E-state index in [2.05, 4.69) is 16.0 Å². The summed E-state index contributed by atoms with van der Waals surface area (Å²) in [5.74, 6) is 0. The maximum atomic E-state index is 9.71. The highest BCUT2D eigenvalue weighted by Gasteiger charge is 2.11. The van der Waals surface area contributed by atoms with Crippen molar-refractivity contribution in [3.05, 3.63) is 77.6 Å². The molecule has 25 heavy (non-hydrogen) atoms. The minimum Gasteiger partial charge on any atom is -0.472 e. The lowest BCUT2D eigenvalue weighted by Crippen LogP contribution is -1.86. The number of allylic oxidation sites excluding steroid dienone is 1. The topological polar surface area (TPSA) is 65.6 Å². The molecule has 4 aromatic rings. The molecule has 0 bridgehead atoms. The van der Waals surface area contributed by atoms with Gasteiger partial charge in [-0.1, -0.05) is 11.6 Å². The lowest BCUT2D eigenvalue weighted by molar-refractivity contribution is 0.568. The second-order valence-electron chi connectivity index (χ2n) is 5.54. The molecule has 0 spiro atoms. The van der Waals surface area contributed by atoms with E-state index in [1.165, 1.54) is 0 Å². The summed E-state index contributed by atoms with van der Waals surface area (Å²) in [4.78, 5) is 7.36. The average Bonchev–Trinajstić information content (AvgIpc) is 3.30. The summed E-state index contributed by atoms with van der Waals surface area (Å²) in [6.45, 7) is 0. The van der Waals surface area contributed by atoms with E-state index in [9.17, 15) is 5.26 Å². The van der Waals surface area contributed by atoms with E-state index in [-0.39, 0.29) is 0 Å². The third kappa shape index (κ3) is 2.82. The van der Waals surface area contributed by atoms with Gasteiger partial charge in [-0.15, -0.1) is 0 Å². The summed E-state index contributed by atoms with van der Waals surface area (Å²) in [5.41, 5.74) is 5.01. The van der Waals surface area contributed by atoms with Crippen molar-refractivity contribution in [1.29, 1.82) is 5.26 Å². The molecule has 0 radical (unpaired) electrons. The number of hydrogen-bond acceptors (Lipinski definition) is 3. The number of rotatable bonds is 3. The zero-order valence-corrected chi connectivity index (χ0v) is 13.8. The van der Waals surface area contributed by atoms with Gasteiger partial charge in [0.05, 0.1) is 24.2 Å². The van der Waals surface area contributed by atoms with E-state index in [4.69, 9.17) is 16.0 Å². The summed E-state index contributed by atoms with van der Waals surface area (Å²) < 4.78 is 5.17. The Kier molecular flexibility index (Phi) is 3.85.